The molecule has 5 heterocycles. The summed E-state index contributed by atoms with van der Waals surface area (Å²) in [6.45, 7) is 7.12. The van der Waals surface area contributed by atoms with Crippen LogP contribution in [0, 0.1) is 12.3 Å². The Labute approximate surface area is 226 Å². The standard InChI is InChI=1S/C29H31N7O3/c1-17-30-8-6-25(32-17)33-22-11-19(15-34(4)27(22)38)20-5-7-31-26(21(20)16-37)36-10-9-35-23(28(36)39)12-18-13-29(2,3)14-24(18)35/h5-8,11-12,15,37H,9-10,13-14,16H2,1-4H3,(H,30,32,33). The van der Waals surface area contributed by atoms with Gasteiger partial charge in [0.05, 0.1) is 6.61 Å². The van der Waals surface area contributed by atoms with Crippen LogP contribution in [0.1, 0.15) is 47.0 Å². The number of aliphatic hydroxyl groups excluding tert-OH is 1. The van der Waals surface area contributed by atoms with Crippen molar-refractivity contribution in [3.8, 4) is 11.1 Å². The van der Waals surface area contributed by atoms with E-state index in [0.29, 0.717) is 58.6 Å². The second-order valence-corrected chi connectivity index (χ2v) is 11.1. The van der Waals surface area contributed by atoms with Crippen molar-refractivity contribution < 1.29 is 9.90 Å². The van der Waals surface area contributed by atoms with Gasteiger partial charge in [-0.1, -0.05) is 13.8 Å². The number of carbonyl (C=O) groups excluding carboxylic acids is 1. The van der Waals surface area contributed by atoms with Gasteiger partial charge in [-0.15, -0.1) is 0 Å². The first-order valence-electron chi connectivity index (χ1n) is 13.0. The van der Waals surface area contributed by atoms with Crippen LogP contribution in [0.15, 0.2) is 47.7 Å². The maximum Gasteiger partial charge on any atom is 0.276 e. The molecule has 0 unspecified atom stereocenters. The molecule has 0 radical (unpaired) electrons. The predicted octanol–water partition coefficient (Wildman–Crippen LogP) is 3.37. The Morgan fingerprint density at radius 1 is 1.08 bits per heavy atom. The lowest BCUT2D eigenvalue weighted by atomic mass is 9.90. The fraction of sp³-hybridized carbons (Fsp3) is 0.345. The summed E-state index contributed by atoms with van der Waals surface area (Å²) in [6.07, 6.45) is 6.90. The van der Waals surface area contributed by atoms with Crippen LogP contribution in [-0.4, -0.2) is 41.6 Å². The summed E-state index contributed by atoms with van der Waals surface area (Å²) >= 11 is 0. The number of aromatic nitrogens is 5. The molecule has 2 aliphatic rings. The summed E-state index contributed by atoms with van der Waals surface area (Å²) in [4.78, 5) is 41.3. The topological polar surface area (TPSA) is 118 Å². The van der Waals surface area contributed by atoms with Crippen molar-refractivity contribution in [2.24, 2.45) is 12.5 Å². The third kappa shape index (κ3) is 4.30. The van der Waals surface area contributed by atoms with E-state index in [9.17, 15) is 14.7 Å². The minimum absolute atomic E-state index is 0.116. The van der Waals surface area contributed by atoms with E-state index >= 15 is 0 Å². The lowest BCUT2D eigenvalue weighted by Gasteiger charge is -2.31. The van der Waals surface area contributed by atoms with E-state index < -0.39 is 0 Å². The molecule has 0 saturated heterocycles. The Kier molecular flexibility index (Phi) is 5.87. The second kappa shape index (κ2) is 9.16. The highest BCUT2D eigenvalue weighted by atomic mass is 16.3. The number of amides is 1. The molecule has 0 atom stereocenters. The van der Waals surface area contributed by atoms with Crippen molar-refractivity contribution >= 4 is 23.2 Å². The number of pyridine rings is 2. The number of nitrogens with zero attached hydrogens (tertiary/aromatic N) is 6. The molecule has 39 heavy (non-hydrogen) atoms. The number of nitrogens with one attached hydrogen (secondary N) is 1. The van der Waals surface area contributed by atoms with Crippen LogP contribution in [-0.2, 0) is 33.0 Å². The van der Waals surface area contributed by atoms with E-state index in [-0.39, 0.29) is 23.5 Å². The molecule has 0 bridgehead atoms. The average molecular weight is 526 g/mol. The Morgan fingerprint density at radius 2 is 1.87 bits per heavy atom. The van der Waals surface area contributed by atoms with E-state index in [1.165, 1.54) is 15.8 Å². The minimum atomic E-state index is -0.315. The highest BCUT2D eigenvalue weighted by molar-refractivity contribution is 6.06. The van der Waals surface area contributed by atoms with Gasteiger partial charge in [-0.3, -0.25) is 14.5 Å². The van der Waals surface area contributed by atoms with Crippen LogP contribution in [0.3, 0.4) is 0 Å². The molecule has 4 aromatic rings. The second-order valence-electron chi connectivity index (χ2n) is 11.1. The number of carbonyl (C=O) groups is 1. The van der Waals surface area contributed by atoms with Gasteiger partial charge in [-0.05, 0) is 60.6 Å². The Balaban J connectivity index is 1.38. The fourth-order valence-electron chi connectivity index (χ4n) is 5.87. The third-order valence-electron chi connectivity index (χ3n) is 7.60. The molecule has 1 aliphatic carbocycles. The quantitative estimate of drug-likeness (QED) is 0.410. The number of rotatable bonds is 5. The largest absolute Gasteiger partial charge is 0.392 e. The number of hydrogen-bond acceptors (Lipinski definition) is 7. The van der Waals surface area contributed by atoms with Gasteiger partial charge in [0.1, 0.15) is 28.8 Å². The fourth-order valence-corrected chi connectivity index (χ4v) is 5.87. The normalized spacial score (nSPS) is 15.8. The molecule has 1 aliphatic heterocycles. The van der Waals surface area contributed by atoms with Crippen LogP contribution in [0.5, 0.6) is 0 Å². The molecular formula is C29H31N7O3. The molecular weight excluding hydrogens is 494 g/mol. The maximum atomic E-state index is 13.7. The van der Waals surface area contributed by atoms with Gasteiger partial charge in [0.2, 0.25) is 0 Å². The highest BCUT2D eigenvalue weighted by Gasteiger charge is 2.37. The lowest BCUT2D eigenvalue weighted by molar-refractivity contribution is 0.0962. The summed E-state index contributed by atoms with van der Waals surface area (Å²) in [5.41, 5.74) is 5.42. The first-order valence-corrected chi connectivity index (χ1v) is 13.0. The Hall–Kier alpha value is -4.31. The molecule has 1 amide bonds. The van der Waals surface area contributed by atoms with E-state index in [2.05, 4.69) is 38.7 Å². The molecule has 10 heteroatoms. The molecule has 0 spiro atoms. The smallest absolute Gasteiger partial charge is 0.276 e. The van der Waals surface area contributed by atoms with E-state index in [0.717, 1.165) is 12.8 Å². The van der Waals surface area contributed by atoms with Crippen LogP contribution in [0.4, 0.5) is 17.3 Å². The SMILES string of the molecule is Cc1nccc(Nc2cc(-c3ccnc(N4CCn5c(cc6c5CC(C)(C)C6)C4=O)c3CO)cn(C)c2=O)n1. The Morgan fingerprint density at radius 3 is 2.64 bits per heavy atom. The van der Waals surface area contributed by atoms with Crippen LogP contribution >= 0.6 is 0 Å². The monoisotopic (exact) mass is 525 g/mol. The number of fused-ring (bicyclic) bond motifs is 3. The lowest BCUT2D eigenvalue weighted by Crippen LogP contribution is -2.41. The molecule has 0 fully saturated rings. The molecule has 0 saturated carbocycles. The summed E-state index contributed by atoms with van der Waals surface area (Å²) in [6, 6.07) is 7.24. The molecule has 200 valence electrons. The Bertz CT molecular complexity index is 1680. The van der Waals surface area contributed by atoms with Gasteiger partial charge in [-0.2, -0.15) is 0 Å². The van der Waals surface area contributed by atoms with Crippen LogP contribution in [0.2, 0.25) is 0 Å². The zero-order valence-corrected chi connectivity index (χ0v) is 22.5. The molecule has 2 N–H and O–H groups in total. The average Bonchev–Trinajstić information content (AvgIpc) is 3.38. The van der Waals surface area contributed by atoms with Gasteiger partial charge in [0.15, 0.2) is 0 Å². The number of aryl methyl sites for hydroxylation is 2. The number of anilines is 3. The van der Waals surface area contributed by atoms with Crippen molar-refractivity contribution in [2.45, 2.75) is 46.8 Å². The zero-order valence-electron chi connectivity index (χ0n) is 22.5. The molecule has 4 aromatic heterocycles. The summed E-state index contributed by atoms with van der Waals surface area (Å²) in [5.74, 6) is 1.41. The van der Waals surface area contributed by atoms with Gasteiger partial charge < -0.3 is 19.6 Å². The first-order chi connectivity index (χ1) is 18.6. The van der Waals surface area contributed by atoms with Crippen molar-refractivity contribution in [1.82, 2.24) is 24.1 Å². The predicted molar refractivity (Wildman–Crippen MR) is 148 cm³/mol. The molecule has 6 rings (SSSR count). The minimum Gasteiger partial charge on any atom is -0.392 e. The summed E-state index contributed by atoms with van der Waals surface area (Å²) in [7, 11) is 1.67. The van der Waals surface area contributed by atoms with Crippen LogP contribution < -0.4 is 15.8 Å². The van der Waals surface area contributed by atoms with Crippen molar-refractivity contribution in [3.63, 3.8) is 0 Å². The zero-order chi connectivity index (χ0) is 27.5. The van der Waals surface area contributed by atoms with Crippen molar-refractivity contribution in [1.29, 1.82) is 0 Å². The summed E-state index contributed by atoms with van der Waals surface area (Å²) < 4.78 is 3.64. The number of aliphatic hydroxyl groups is 1. The maximum absolute atomic E-state index is 13.7. The van der Waals surface area contributed by atoms with E-state index in [1.54, 1.807) is 55.7 Å². The first kappa shape index (κ1) is 25.0. The van der Waals surface area contributed by atoms with E-state index in [1.807, 2.05) is 6.07 Å². The van der Waals surface area contributed by atoms with Crippen molar-refractivity contribution in [3.05, 3.63) is 81.5 Å². The molecule has 0 aromatic carbocycles. The molecule has 10 nitrogen and oxygen atoms in total. The van der Waals surface area contributed by atoms with E-state index in [4.69, 9.17) is 0 Å². The van der Waals surface area contributed by atoms with Gasteiger partial charge >= 0.3 is 0 Å². The number of hydrogen-bond donors (Lipinski definition) is 2. The summed E-state index contributed by atoms with van der Waals surface area (Å²) in [5, 5.41) is 13.6. The van der Waals surface area contributed by atoms with Gasteiger partial charge in [-0.25, -0.2) is 15.0 Å². The van der Waals surface area contributed by atoms with Crippen LogP contribution in [0.25, 0.3) is 11.1 Å². The third-order valence-corrected chi connectivity index (χ3v) is 7.60. The van der Waals surface area contributed by atoms with Gasteiger partial charge in [0, 0.05) is 55.5 Å². The van der Waals surface area contributed by atoms with Crippen molar-refractivity contribution in [2.75, 3.05) is 16.8 Å². The van der Waals surface area contributed by atoms with Gasteiger partial charge in [0.25, 0.3) is 11.5 Å². The highest BCUT2D eigenvalue weighted by Crippen LogP contribution is 2.40.